The molecule has 2 aromatic carbocycles. The van der Waals surface area contributed by atoms with Gasteiger partial charge in [0, 0.05) is 21.7 Å². The molecule has 0 radical (unpaired) electrons. The van der Waals surface area contributed by atoms with E-state index in [0.717, 1.165) is 4.88 Å². The van der Waals surface area contributed by atoms with Gasteiger partial charge in [-0.1, -0.05) is 6.07 Å². The highest BCUT2D eigenvalue weighted by atomic mass is 32.1. The van der Waals surface area contributed by atoms with E-state index in [1.165, 1.54) is 34.4 Å². The van der Waals surface area contributed by atoms with Crippen molar-refractivity contribution in [1.29, 1.82) is 0 Å². The minimum Gasteiger partial charge on any atom is -0.454 e. The molecule has 8 heteroatoms. The van der Waals surface area contributed by atoms with Crippen molar-refractivity contribution < 1.29 is 23.5 Å². The van der Waals surface area contributed by atoms with Gasteiger partial charge < -0.3 is 19.7 Å². The SMILES string of the molecule is O=C1CN(C(=O)c2ccc3c(c2)OCO3)C(c2cccs2)c2cc(F)ccc2N1. The van der Waals surface area contributed by atoms with Gasteiger partial charge in [-0.2, -0.15) is 0 Å². The summed E-state index contributed by atoms with van der Waals surface area (Å²) in [5, 5.41) is 4.67. The number of amides is 2. The van der Waals surface area contributed by atoms with E-state index in [9.17, 15) is 14.0 Å². The number of nitrogens with one attached hydrogen (secondary N) is 1. The lowest BCUT2D eigenvalue weighted by Crippen LogP contribution is -2.38. The number of benzene rings is 2. The van der Waals surface area contributed by atoms with Crippen LogP contribution in [-0.2, 0) is 4.79 Å². The quantitative estimate of drug-likeness (QED) is 0.698. The van der Waals surface area contributed by atoms with Crippen LogP contribution in [0.1, 0.15) is 26.8 Å². The molecule has 1 N–H and O–H groups in total. The Morgan fingerprint density at radius 1 is 1.14 bits per heavy atom. The van der Waals surface area contributed by atoms with Gasteiger partial charge in [0.25, 0.3) is 5.91 Å². The zero-order valence-electron chi connectivity index (χ0n) is 15.1. The van der Waals surface area contributed by atoms with Crippen molar-refractivity contribution in [2.75, 3.05) is 18.7 Å². The van der Waals surface area contributed by atoms with E-state index in [-0.39, 0.29) is 25.2 Å². The molecule has 3 heterocycles. The smallest absolute Gasteiger partial charge is 0.255 e. The summed E-state index contributed by atoms with van der Waals surface area (Å²) in [5.41, 5.74) is 1.40. The van der Waals surface area contributed by atoms with Crippen molar-refractivity contribution in [2.24, 2.45) is 0 Å². The highest BCUT2D eigenvalue weighted by molar-refractivity contribution is 7.10. The van der Waals surface area contributed by atoms with Crippen LogP contribution < -0.4 is 14.8 Å². The third-order valence-corrected chi connectivity index (χ3v) is 5.83. The van der Waals surface area contributed by atoms with Crippen LogP contribution >= 0.6 is 11.3 Å². The Hall–Kier alpha value is -3.39. The molecule has 0 fully saturated rings. The topological polar surface area (TPSA) is 67.9 Å². The van der Waals surface area contributed by atoms with Gasteiger partial charge in [0.15, 0.2) is 11.5 Å². The Kier molecular flexibility index (Phi) is 4.21. The van der Waals surface area contributed by atoms with Gasteiger partial charge in [0.1, 0.15) is 12.4 Å². The molecule has 6 nitrogen and oxygen atoms in total. The fraction of sp³-hybridized carbons (Fsp3) is 0.143. The summed E-state index contributed by atoms with van der Waals surface area (Å²) in [4.78, 5) is 28.3. The minimum atomic E-state index is -0.599. The number of anilines is 1. The molecule has 0 aliphatic carbocycles. The summed E-state index contributed by atoms with van der Waals surface area (Å²) in [5.74, 6) is -0.0801. The lowest BCUT2D eigenvalue weighted by Gasteiger charge is -2.29. The molecule has 29 heavy (non-hydrogen) atoms. The Balaban J connectivity index is 1.63. The maximum atomic E-state index is 14.1. The maximum Gasteiger partial charge on any atom is 0.255 e. The monoisotopic (exact) mass is 410 g/mol. The van der Waals surface area contributed by atoms with Crippen LogP contribution in [0.5, 0.6) is 11.5 Å². The average molecular weight is 410 g/mol. The second-order valence-electron chi connectivity index (χ2n) is 6.70. The zero-order chi connectivity index (χ0) is 20.0. The van der Waals surface area contributed by atoms with Crippen LogP contribution in [0.4, 0.5) is 10.1 Å². The number of hydrogen-bond acceptors (Lipinski definition) is 5. The number of hydrogen-bond donors (Lipinski definition) is 1. The third-order valence-electron chi connectivity index (χ3n) is 4.90. The Morgan fingerprint density at radius 3 is 2.83 bits per heavy atom. The standard InChI is InChI=1S/C21H15FN2O4S/c22-13-4-5-15-14(9-13)20(18-2-1-7-29-18)24(10-19(25)23-15)21(26)12-3-6-16-17(8-12)28-11-27-16/h1-9,20H,10-11H2,(H,23,25). The molecule has 0 bridgehead atoms. The molecule has 2 amide bonds. The van der Waals surface area contributed by atoms with Crippen LogP contribution in [0.2, 0.25) is 0 Å². The molecule has 2 aliphatic rings. The lowest BCUT2D eigenvalue weighted by atomic mass is 10.0. The number of rotatable bonds is 2. The summed E-state index contributed by atoms with van der Waals surface area (Å²) in [7, 11) is 0. The van der Waals surface area contributed by atoms with Crippen LogP contribution in [0.25, 0.3) is 0 Å². The first-order valence-corrected chi connectivity index (χ1v) is 9.81. The molecular formula is C21H15FN2O4S. The van der Waals surface area contributed by atoms with Gasteiger partial charge >= 0.3 is 0 Å². The Bertz CT molecular complexity index is 1120. The molecule has 3 aromatic rings. The third kappa shape index (κ3) is 3.11. The van der Waals surface area contributed by atoms with Gasteiger partial charge in [0.05, 0.1) is 6.04 Å². The lowest BCUT2D eigenvalue weighted by molar-refractivity contribution is -0.117. The predicted octanol–water partition coefficient (Wildman–Crippen LogP) is 3.80. The summed E-state index contributed by atoms with van der Waals surface area (Å²) >= 11 is 1.45. The second-order valence-corrected chi connectivity index (χ2v) is 7.68. The van der Waals surface area contributed by atoms with Crippen LogP contribution in [0, 0.1) is 5.82 Å². The highest BCUT2D eigenvalue weighted by Gasteiger charge is 2.35. The molecule has 1 aromatic heterocycles. The average Bonchev–Trinajstić information content (AvgIpc) is 3.38. The summed E-state index contributed by atoms with van der Waals surface area (Å²) < 4.78 is 24.8. The van der Waals surface area contributed by atoms with Gasteiger partial charge in [-0.25, -0.2) is 4.39 Å². The van der Waals surface area contributed by atoms with E-state index >= 15 is 0 Å². The molecule has 146 valence electrons. The van der Waals surface area contributed by atoms with Crippen molar-refractivity contribution in [3.05, 3.63) is 75.7 Å². The molecule has 0 saturated heterocycles. The zero-order valence-corrected chi connectivity index (χ0v) is 15.9. The van der Waals surface area contributed by atoms with Crippen molar-refractivity contribution >= 4 is 28.8 Å². The van der Waals surface area contributed by atoms with E-state index in [2.05, 4.69) is 5.32 Å². The van der Waals surface area contributed by atoms with Gasteiger partial charge in [-0.15, -0.1) is 11.3 Å². The first-order chi connectivity index (χ1) is 14.1. The van der Waals surface area contributed by atoms with Crippen molar-refractivity contribution in [2.45, 2.75) is 6.04 Å². The molecule has 0 spiro atoms. The normalized spacial score (nSPS) is 17.5. The van der Waals surface area contributed by atoms with E-state index in [0.29, 0.717) is 28.3 Å². The number of nitrogens with zero attached hydrogens (tertiary/aromatic N) is 1. The molecule has 1 unspecified atom stereocenters. The number of carbonyl (C=O) groups excluding carboxylic acids is 2. The summed E-state index contributed by atoms with van der Waals surface area (Å²) in [6.45, 7) is -0.0598. The fourth-order valence-corrected chi connectivity index (χ4v) is 4.47. The molecule has 5 rings (SSSR count). The second kappa shape index (κ2) is 6.89. The van der Waals surface area contributed by atoms with Crippen molar-refractivity contribution in [3.8, 4) is 11.5 Å². The Labute approximate surface area is 169 Å². The van der Waals surface area contributed by atoms with Gasteiger partial charge in [-0.05, 0) is 47.8 Å². The summed E-state index contributed by atoms with van der Waals surface area (Å²) in [6, 6.07) is 12.2. The molecule has 2 aliphatic heterocycles. The number of halogens is 1. The van der Waals surface area contributed by atoms with E-state index in [4.69, 9.17) is 9.47 Å². The van der Waals surface area contributed by atoms with Crippen molar-refractivity contribution in [3.63, 3.8) is 0 Å². The largest absolute Gasteiger partial charge is 0.454 e. The molecular weight excluding hydrogens is 395 g/mol. The number of carbonyl (C=O) groups is 2. The van der Waals surface area contributed by atoms with Crippen LogP contribution in [0.3, 0.4) is 0 Å². The molecule has 0 saturated carbocycles. The predicted molar refractivity (Wildman–Crippen MR) is 105 cm³/mol. The van der Waals surface area contributed by atoms with Crippen molar-refractivity contribution in [1.82, 2.24) is 4.90 Å². The van der Waals surface area contributed by atoms with Crippen LogP contribution in [0.15, 0.2) is 53.9 Å². The summed E-state index contributed by atoms with van der Waals surface area (Å²) in [6.07, 6.45) is 0. The van der Waals surface area contributed by atoms with Crippen LogP contribution in [-0.4, -0.2) is 30.1 Å². The van der Waals surface area contributed by atoms with Gasteiger partial charge in [0.2, 0.25) is 12.7 Å². The number of fused-ring (bicyclic) bond motifs is 2. The number of ether oxygens (including phenoxy) is 2. The maximum absolute atomic E-state index is 14.1. The first kappa shape index (κ1) is 17.7. The van der Waals surface area contributed by atoms with E-state index in [1.54, 1.807) is 18.2 Å². The minimum absolute atomic E-state index is 0.101. The Morgan fingerprint density at radius 2 is 2.00 bits per heavy atom. The van der Waals surface area contributed by atoms with E-state index in [1.807, 2.05) is 17.5 Å². The fourth-order valence-electron chi connectivity index (χ4n) is 3.62. The highest BCUT2D eigenvalue weighted by Crippen LogP contribution is 2.40. The first-order valence-electron chi connectivity index (χ1n) is 8.93. The molecule has 1 atom stereocenters. The van der Waals surface area contributed by atoms with E-state index < -0.39 is 11.9 Å². The van der Waals surface area contributed by atoms with Gasteiger partial charge in [-0.3, -0.25) is 9.59 Å². The number of thiophene rings is 1.